The SMILES string of the molecule is CCCn1c(NC(=O)c2ccc(=O)[nH]c2)nc2ccccc21. The number of carbonyl (C=O) groups is 1. The number of aromatic amines is 1. The number of amides is 1. The van der Waals surface area contributed by atoms with E-state index in [1.807, 2.05) is 28.8 Å². The van der Waals surface area contributed by atoms with Crippen LogP contribution in [0.5, 0.6) is 0 Å². The van der Waals surface area contributed by atoms with E-state index in [4.69, 9.17) is 0 Å². The van der Waals surface area contributed by atoms with Gasteiger partial charge in [-0.3, -0.25) is 14.9 Å². The molecule has 0 aliphatic heterocycles. The minimum atomic E-state index is -0.302. The number of H-pyrrole nitrogens is 1. The first kappa shape index (κ1) is 14.1. The van der Waals surface area contributed by atoms with Crippen molar-refractivity contribution in [3.63, 3.8) is 0 Å². The Hall–Kier alpha value is -2.89. The van der Waals surface area contributed by atoms with Crippen molar-refractivity contribution in [2.24, 2.45) is 0 Å². The maximum atomic E-state index is 12.3. The predicted molar refractivity (Wildman–Crippen MR) is 85.0 cm³/mol. The van der Waals surface area contributed by atoms with E-state index in [0.717, 1.165) is 24.0 Å². The number of hydrogen-bond acceptors (Lipinski definition) is 3. The molecule has 0 aliphatic carbocycles. The predicted octanol–water partition coefficient (Wildman–Crippen LogP) is 2.39. The van der Waals surface area contributed by atoms with Crippen LogP contribution in [-0.4, -0.2) is 20.4 Å². The van der Waals surface area contributed by atoms with Gasteiger partial charge >= 0.3 is 0 Å². The van der Waals surface area contributed by atoms with E-state index in [-0.39, 0.29) is 11.5 Å². The maximum absolute atomic E-state index is 12.3. The Morgan fingerprint density at radius 1 is 1.27 bits per heavy atom. The molecule has 1 amide bonds. The summed E-state index contributed by atoms with van der Waals surface area (Å²) in [6.07, 6.45) is 2.33. The van der Waals surface area contributed by atoms with Crippen molar-refractivity contribution in [3.8, 4) is 0 Å². The number of carbonyl (C=O) groups excluding carboxylic acids is 1. The van der Waals surface area contributed by atoms with Crippen LogP contribution in [0, 0.1) is 0 Å². The molecule has 2 aromatic heterocycles. The Morgan fingerprint density at radius 2 is 2.09 bits per heavy atom. The summed E-state index contributed by atoms with van der Waals surface area (Å²) in [5.74, 6) is 0.211. The Kier molecular flexibility index (Phi) is 3.74. The quantitative estimate of drug-likeness (QED) is 0.775. The third-order valence-electron chi connectivity index (χ3n) is 3.37. The number of anilines is 1. The smallest absolute Gasteiger partial charge is 0.259 e. The first-order chi connectivity index (χ1) is 10.7. The van der Waals surface area contributed by atoms with Crippen molar-refractivity contribution in [1.82, 2.24) is 14.5 Å². The van der Waals surface area contributed by atoms with Gasteiger partial charge in [-0.25, -0.2) is 4.98 Å². The molecular formula is C16H16N4O2. The normalized spacial score (nSPS) is 10.8. The minimum absolute atomic E-state index is 0.241. The summed E-state index contributed by atoms with van der Waals surface area (Å²) in [5, 5.41) is 2.81. The van der Waals surface area contributed by atoms with Crippen molar-refractivity contribution in [2.45, 2.75) is 19.9 Å². The number of benzene rings is 1. The topological polar surface area (TPSA) is 79.8 Å². The standard InChI is InChI=1S/C16H16N4O2/c1-2-9-20-13-6-4-3-5-12(13)18-16(20)19-15(22)11-7-8-14(21)17-10-11/h3-8,10H,2,9H2,1H3,(H,17,21)(H,18,19,22). The van der Waals surface area contributed by atoms with Gasteiger partial charge in [0.25, 0.3) is 5.91 Å². The third-order valence-corrected chi connectivity index (χ3v) is 3.37. The second kappa shape index (κ2) is 5.85. The third kappa shape index (κ3) is 2.63. The van der Waals surface area contributed by atoms with Gasteiger partial charge in [-0.2, -0.15) is 0 Å². The molecular weight excluding hydrogens is 280 g/mol. The first-order valence-corrected chi connectivity index (χ1v) is 7.14. The zero-order chi connectivity index (χ0) is 15.5. The second-order valence-electron chi connectivity index (χ2n) is 4.97. The molecule has 0 radical (unpaired) electrons. The monoisotopic (exact) mass is 296 g/mol. The summed E-state index contributed by atoms with van der Waals surface area (Å²) < 4.78 is 1.99. The minimum Gasteiger partial charge on any atom is -0.328 e. The van der Waals surface area contributed by atoms with Gasteiger partial charge in [0.15, 0.2) is 0 Å². The van der Waals surface area contributed by atoms with Crippen molar-refractivity contribution in [2.75, 3.05) is 5.32 Å². The molecule has 2 heterocycles. The van der Waals surface area contributed by atoms with Gasteiger partial charge in [0, 0.05) is 18.8 Å². The van der Waals surface area contributed by atoms with Gasteiger partial charge in [0.2, 0.25) is 11.5 Å². The molecule has 0 spiro atoms. The molecule has 6 nitrogen and oxygen atoms in total. The number of pyridine rings is 1. The van der Waals surface area contributed by atoms with Crippen molar-refractivity contribution >= 4 is 22.9 Å². The van der Waals surface area contributed by atoms with Crippen molar-refractivity contribution in [1.29, 1.82) is 0 Å². The van der Waals surface area contributed by atoms with E-state index >= 15 is 0 Å². The van der Waals surface area contributed by atoms with Crippen LogP contribution in [0.15, 0.2) is 47.4 Å². The number of nitrogens with zero attached hydrogens (tertiary/aromatic N) is 2. The summed E-state index contributed by atoms with van der Waals surface area (Å²) in [4.78, 5) is 30.3. The number of nitrogens with one attached hydrogen (secondary N) is 2. The molecule has 112 valence electrons. The number of rotatable bonds is 4. The number of imidazole rings is 1. The van der Waals surface area contributed by atoms with Gasteiger partial charge in [0.05, 0.1) is 16.6 Å². The average Bonchev–Trinajstić information content (AvgIpc) is 2.86. The molecule has 22 heavy (non-hydrogen) atoms. The van der Waals surface area contributed by atoms with E-state index in [1.54, 1.807) is 0 Å². The van der Waals surface area contributed by atoms with E-state index in [9.17, 15) is 9.59 Å². The lowest BCUT2D eigenvalue weighted by atomic mass is 10.3. The molecule has 3 rings (SSSR count). The highest BCUT2D eigenvalue weighted by Gasteiger charge is 2.13. The van der Waals surface area contributed by atoms with Gasteiger partial charge in [-0.05, 0) is 24.6 Å². The lowest BCUT2D eigenvalue weighted by molar-refractivity contribution is 0.102. The highest BCUT2D eigenvalue weighted by Crippen LogP contribution is 2.20. The Morgan fingerprint density at radius 3 is 2.82 bits per heavy atom. The summed E-state index contributed by atoms with van der Waals surface area (Å²) >= 11 is 0. The van der Waals surface area contributed by atoms with Gasteiger partial charge in [-0.1, -0.05) is 19.1 Å². The number of fused-ring (bicyclic) bond motifs is 1. The molecule has 0 atom stereocenters. The van der Waals surface area contributed by atoms with E-state index < -0.39 is 0 Å². The molecule has 0 unspecified atom stereocenters. The zero-order valence-electron chi connectivity index (χ0n) is 12.2. The van der Waals surface area contributed by atoms with Crippen molar-refractivity contribution < 1.29 is 4.79 Å². The number of hydrogen-bond donors (Lipinski definition) is 2. The molecule has 0 bridgehead atoms. The fourth-order valence-electron chi connectivity index (χ4n) is 2.35. The first-order valence-electron chi connectivity index (χ1n) is 7.14. The second-order valence-corrected chi connectivity index (χ2v) is 4.97. The lowest BCUT2D eigenvalue weighted by Gasteiger charge is -2.08. The van der Waals surface area contributed by atoms with Gasteiger partial charge < -0.3 is 9.55 Å². The van der Waals surface area contributed by atoms with Crippen LogP contribution < -0.4 is 10.9 Å². The van der Waals surface area contributed by atoms with Crippen LogP contribution in [0.4, 0.5) is 5.95 Å². The molecule has 0 fully saturated rings. The summed E-state index contributed by atoms with van der Waals surface area (Å²) in [6.45, 7) is 2.84. The average molecular weight is 296 g/mol. The summed E-state index contributed by atoms with van der Waals surface area (Å²) in [5.41, 5.74) is 1.97. The van der Waals surface area contributed by atoms with Crippen LogP contribution in [-0.2, 0) is 6.54 Å². The fourth-order valence-corrected chi connectivity index (χ4v) is 2.35. The number of aromatic nitrogens is 3. The molecule has 0 saturated carbocycles. The fraction of sp³-hybridized carbons (Fsp3) is 0.188. The van der Waals surface area contributed by atoms with E-state index in [0.29, 0.717) is 11.5 Å². The van der Waals surface area contributed by atoms with Crippen LogP contribution >= 0.6 is 0 Å². The van der Waals surface area contributed by atoms with E-state index in [2.05, 4.69) is 22.2 Å². The largest absolute Gasteiger partial charge is 0.328 e. The van der Waals surface area contributed by atoms with E-state index in [1.165, 1.54) is 18.3 Å². The zero-order valence-corrected chi connectivity index (χ0v) is 12.2. The molecule has 3 aromatic rings. The lowest BCUT2D eigenvalue weighted by Crippen LogP contribution is -2.17. The Bertz CT molecular complexity index is 859. The summed E-state index contributed by atoms with van der Waals surface area (Å²) in [7, 11) is 0. The van der Waals surface area contributed by atoms with Crippen LogP contribution in [0.25, 0.3) is 11.0 Å². The number of aryl methyl sites for hydroxylation is 1. The Labute approximate surface area is 126 Å². The van der Waals surface area contributed by atoms with Crippen LogP contribution in [0.2, 0.25) is 0 Å². The van der Waals surface area contributed by atoms with Crippen LogP contribution in [0.3, 0.4) is 0 Å². The summed E-state index contributed by atoms with van der Waals surface area (Å²) in [6, 6.07) is 10.6. The molecule has 1 aromatic carbocycles. The molecule has 6 heteroatoms. The molecule has 0 aliphatic rings. The molecule has 2 N–H and O–H groups in total. The highest BCUT2D eigenvalue weighted by molar-refractivity contribution is 6.03. The maximum Gasteiger partial charge on any atom is 0.259 e. The van der Waals surface area contributed by atoms with Crippen LogP contribution in [0.1, 0.15) is 23.7 Å². The van der Waals surface area contributed by atoms with Crippen molar-refractivity contribution in [3.05, 3.63) is 58.5 Å². The molecule has 0 saturated heterocycles. The highest BCUT2D eigenvalue weighted by atomic mass is 16.2. The Balaban J connectivity index is 1.95. The van der Waals surface area contributed by atoms with Gasteiger partial charge in [0.1, 0.15) is 0 Å². The van der Waals surface area contributed by atoms with Gasteiger partial charge in [-0.15, -0.1) is 0 Å². The number of para-hydroxylation sites is 2.